The van der Waals surface area contributed by atoms with E-state index in [1.54, 1.807) is 10.4 Å². The largest absolute Gasteiger partial charge is 0.346 e. The van der Waals surface area contributed by atoms with Crippen LogP contribution >= 0.6 is 11.3 Å². The number of nitrogens with zero attached hydrogens (tertiary/aromatic N) is 6. The van der Waals surface area contributed by atoms with Crippen molar-refractivity contribution in [3.05, 3.63) is 27.9 Å². The van der Waals surface area contributed by atoms with E-state index in [2.05, 4.69) is 14.6 Å². The van der Waals surface area contributed by atoms with Gasteiger partial charge in [0.2, 0.25) is 0 Å². The highest BCUT2D eigenvalue weighted by atomic mass is 32.1. The maximum Gasteiger partial charge on any atom is 0.155 e. The minimum atomic E-state index is 0.289. The summed E-state index contributed by atoms with van der Waals surface area (Å²) in [4.78, 5) is 15.8. The lowest BCUT2D eigenvalue weighted by Crippen LogP contribution is -2.36. The molecule has 0 amide bonds. The van der Waals surface area contributed by atoms with Gasteiger partial charge in [-0.15, -0.1) is 21.5 Å². The third-order valence-corrected chi connectivity index (χ3v) is 8.90. The molecule has 1 unspecified atom stereocenters. The smallest absolute Gasteiger partial charge is 0.155 e. The molecule has 31 heavy (non-hydrogen) atoms. The van der Waals surface area contributed by atoms with Gasteiger partial charge in [-0.3, -0.25) is 0 Å². The van der Waals surface area contributed by atoms with Crippen molar-refractivity contribution < 1.29 is 0 Å². The van der Waals surface area contributed by atoms with Crippen molar-refractivity contribution in [1.29, 1.82) is 0 Å². The van der Waals surface area contributed by atoms with Gasteiger partial charge in [-0.2, -0.15) is 0 Å². The first-order valence-corrected chi connectivity index (χ1v) is 13.2. The van der Waals surface area contributed by atoms with E-state index in [1.165, 1.54) is 91.9 Å². The van der Waals surface area contributed by atoms with Gasteiger partial charge in [-0.1, -0.05) is 0 Å². The van der Waals surface area contributed by atoms with Crippen LogP contribution in [0.25, 0.3) is 10.2 Å². The summed E-state index contributed by atoms with van der Waals surface area (Å²) in [6.07, 6.45) is 14.7. The molecule has 162 valence electrons. The zero-order valence-corrected chi connectivity index (χ0v) is 19.0. The monoisotopic (exact) mass is 434 g/mol. The quantitative estimate of drug-likeness (QED) is 0.573. The number of aryl methyl sites for hydroxylation is 3. The van der Waals surface area contributed by atoms with Crippen LogP contribution in [0.2, 0.25) is 0 Å². The molecule has 2 aliphatic carbocycles. The van der Waals surface area contributed by atoms with E-state index in [0.29, 0.717) is 5.92 Å². The number of piperidine rings is 1. The number of thiophene rings is 1. The molecule has 0 aromatic carbocycles. The molecule has 5 heterocycles. The zero-order chi connectivity index (χ0) is 20.4. The zero-order valence-electron chi connectivity index (χ0n) is 18.1. The van der Waals surface area contributed by atoms with Crippen LogP contribution in [0.4, 0.5) is 5.82 Å². The second kappa shape index (κ2) is 7.26. The average Bonchev–Trinajstić information content (AvgIpc) is 3.47. The predicted molar refractivity (Wildman–Crippen MR) is 123 cm³/mol. The average molecular weight is 435 g/mol. The SMILES string of the molecule is C1CCc2c(sc3nc(C4CC4)nc(N4CCCCC4c4nnc5n4CCCC5)c23)C1. The first kappa shape index (κ1) is 18.5. The molecule has 3 aromatic rings. The fourth-order valence-corrected chi connectivity index (χ4v) is 7.18. The third kappa shape index (κ3) is 3.03. The van der Waals surface area contributed by atoms with Crippen molar-refractivity contribution >= 4 is 27.4 Å². The van der Waals surface area contributed by atoms with Crippen molar-refractivity contribution in [3.8, 4) is 0 Å². The summed E-state index contributed by atoms with van der Waals surface area (Å²) in [5.41, 5.74) is 1.55. The number of aromatic nitrogens is 5. The summed E-state index contributed by atoms with van der Waals surface area (Å²) < 4.78 is 2.43. The van der Waals surface area contributed by atoms with Crippen molar-refractivity contribution in [2.24, 2.45) is 0 Å². The predicted octanol–water partition coefficient (Wildman–Crippen LogP) is 5.11. The van der Waals surface area contributed by atoms with Crippen molar-refractivity contribution in [3.63, 3.8) is 0 Å². The molecule has 1 saturated carbocycles. The Kier molecular flexibility index (Phi) is 4.34. The molecule has 0 N–H and O–H groups in total. The Balaban J connectivity index is 1.39. The van der Waals surface area contributed by atoms with Gasteiger partial charge in [-0.25, -0.2) is 9.97 Å². The van der Waals surface area contributed by atoms with Gasteiger partial charge in [0.15, 0.2) is 5.82 Å². The first-order chi connectivity index (χ1) is 15.4. The Hall–Kier alpha value is -2.02. The molecule has 7 rings (SSSR count). The second-order valence-electron chi connectivity index (χ2n) is 9.86. The topological polar surface area (TPSA) is 59.7 Å². The van der Waals surface area contributed by atoms with Gasteiger partial charge in [-0.05, 0) is 76.2 Å². The van der Waals surface area contributed by atoms with Gasteiger partial charge in [0.25, 0.3) is 0 Å². The summed E-state index contributed by atoms with van der Waals surface area (Å²) in [5.74, 6) is 5.24. The fourth-order valence-electron chi connectivity index (χ4n) is 5.92. The van der Waals surface area contributed by atoms with E-state index in [-0.39, 0.29) is 6.04 Å². The molecule has 6 nitrogen and oxygen atoms in total. The molecular weight excluding hydrogens is 404 g/mol. The number of fused-ring (bicyclic) bond motifs is 4. The van der Waals surface area contributed by atoms with Crippen LogP contribution in [-0.2, 0) is 25.8 Å². The Morgan fingerprint density at radius 3 is 2.61 bits per heavy atom. The normalized spacial score (nSPS) is 23.7. The summed E-state index contributed by atoms with van der Waals surface area (Å²) in [5, 5.41) is 10.7. The van der Waals surface area contributed by atoms with Gasteiger partial charge in [0, 0.05) is 30.3 Å². The lowest BCUT2D eigenvalue weighted by atomic mass is 9.95. The summed E-state index contributed by atoms with van der Waals surface area (Å²) in [6, 6.07) is 0.289. The molecular formula is C24H30N6S. The Morgan fingerprint density at radius 2 is 1.68 bits per heavy atom. The highest BCUT2D eigenvalue weighted by molar-refractivity contribution is 7.19. The second-order valence-corrected chi connectivity index (χ2v) is 10.9. The number of rotatable bonds is 3. The third-order valence-electron chi connectivity index (χ3n) is 7.72. The molecule has 0 spiro atoms. The van der Waals surface area contributed by atoms with Gasteiger partial charge in [0.1, 0.15) is 22.3 Å². The number of hydrogen-bond donors (Lipinski definition) is 0. The molecule has 4 aliphatic rings. The summed E-state index contributed by atoms with van der Waals surface area (Å²) >= 11 is 1.95. The van der Waals surface area contributed by atoms with Crippen molar-refractivity contribution in [2.75, 3.05) is 11.4 Å². The Labute approximate surface area is 187 Å². The standard InChI is InChI=1S/C24H30N6S/c1-2-9-18-16(7-1)20-23(25-21(15-11-12-15)26-24(20)31-18)29-13-5-3-8-17(29)22-28-27-19-10-4-6-14-30(19)22/h15,17H,1-14H2. The Bertz CT molecular complexity index is 1140. The highest BCUT2D eigenvalue weighted by Gasteiger charge is 2.35. The maximum absolute atomic E-state index is 5.30. The highest BCUT2D eigenvalue weighted by Crippen LogP contribution is 2.46. The number of anilines is 1. The van der Waals surface area contributed by atoms with Crippen LogP contribution in [0.15, 0.2) is 0 Å². The maximum atomic E-state index is 5.30. The van der Waals surface area contributed by atoms with Gasteiger partial charge in [0.05, 0.1) is 11.4 Å². The van der Waals surface area contributed by atoms with Crippen LogP contribution < -0.4 is 4.90 Å². The lowest BCUT2D eigenvalue weighted by Gasteiger charge is -2.37. The molecule has 0 bridgehead atoms. The minimum Gasteiger partial charge on any atom is -0.346 e. The molecule has 0 radical (unpaired) electrons. The molecule has 1 saturated heterocycles. The van der Waals surface area contributed by atoms with E-state index in [0.717, 1.165) is 31.8 Å². The van der Waals surface area contributed by atoms with Crippen LogP contribution in [0.5, 0.6) is 0 Å². The molecule has 7 heteroatoms. The van der Waals surface area contributed by atoms with E-state index in [9.17, 15) is 0 Å². The minimum absolute atomic E-state index is 0.289. The lowest BCUT2D eigenvalue weighted by molar-refractivity contribution is 0.421. The van der Waals surface area contributed by atoms with Crippen molar-refractivity contribution in [2.45, 2.75) is 95.6 Å². The molecule has 2 fully saturated rings. The molecule has 3 aromatic heterocycles. The van der Waals surface area contributed by atoms with Crippen LogP contribution in [0, 0.1) is 0 Å². The van der Waals surface area contributed by atoms with E-state index in [1.807, 2.05) is 11.3 Å². The molecule has 2 aliphatic heterocycles. The summed E-state index contributed by atoms with van der Waals surface area (Å²) in [7, 11) is 0. The molecule has 1 atom stereocenters. The van der Waals surface area contributed by atoms with Crippen LogP contribution in [0.3, 0.4) is 0 Å². The van der Waals surface area contributed by atoms with Crippen LogP contribution in [0.1, 0.15) is 97.7 Å². The van der Waals surface area contributed by atoms with Crippen molar-refractivity contribution in [1.82, 2.24) is 24.7 Å². The summed E-state index contributed by atoms with van der Waals surface area (Å²) in [6.45, 7) is 2.13. The van der Waals surface area contributed by atoms with Gasteiger partial charge < -0.3 is 9.47 Å². The van der Waals surface area contributed by atoms with E-state index < -0.39 is 0 Å². The van der Waals surface area contributed by atoms with Crippen LogP contribution in [-0.4, -0.2) is 31.3 Å². The van der Waals surface area contributed by atoms with E-state index >= 15 is 0 Å². The first-order valence-electron chi connectivity index (χ1n) is 12.4. The Morgan fingerprint density at radius 1 is 0.806 bits per heavy atom. The van der Waals surface area contributed by atoms with Gasteiger partial charge >= 0.3 is 0 Å². The van der Waals surface area contributed by atoms with E-state index in [4.69, 9.17) is 15.1 Å². The fraction of sp³-hybridized carbons (Fsp3) is 0.667. The number of hydrogen-bond acceptors (Lipinski definition) is 6.